The third-order valence-corrected chi connectivity index (χ3v) is 3.56. The van der Waals surface area contributed by atoms with Crippen molar-refractivity contribution in [2.24, 2.45) is 5.73 Å². The lowest BCUT2D eigenvalue weighted by Crippen LogP contribution is -2.54. The minimum atomic E-state index is -0.603. The van der Waals surface area contributed by atoms with Crippen LogP contribution < -0.4 is 11.1 Å². The van der Waals surface area contributed by atoms with Gasteiger partial charge >= 0.3 is 0 Å². The molecule has 0 aliphatic rings. The van der Waals surface area contributed by atoms with Crippen LogP contribution in [0.2, 0.25) is 0 Å². The van der Waals surface area contributed by atoms with E-state index in [2.05, 4.69) is 5.32 Å². The highest BCUT2D eigenvalue weighted by Gasteiger charge is 2.27. The second kappa shape index (κ2) is 4.72. The first-order chi connectivity index (χ1) is 6.99. The molecule has 1 aromatic rings. The van der Waals surface area contributed by atoms with E-state index in [0.29, 0.717) is 17.0 Å². The fraction of sp³-hybridized carbons (Fsp3) is 0.400. The van der Waals surface area contributed by atoms with Crippen LogP contribution in [0.4, 0.5) is 0 Å². The molecule has 0 fully saturated rings. The Morgan fingerprint density at radius 1 is 1.73 bits per heavy atom. The zero-order valence-corrected chi connectivity index (χ0v) is 10.4. The summed E-state index contributed by atoms with van der Waals surface area (Å²) in [5.74, 6) is -0.131. The van der Waals surface area contributed by atoms with Gasteiger partial charge in [-0.1, -0.05) is 19.1 Å². The molecule has 1 heterocycles. The summed E-state index contributed by atoms with van der Waals surface area (Å²) in [6, 6.07) is 1.77. The van der Waals surface area contributed by atoms with E-state index in [4.69, 9.17) is 18.0 Å². The van der Waals surface area contributed by atoms with Crippen molar-refractivity contribution in [3.05, 3.63) is 22.4 Å². The van der Waals surface area contributed by atoms with E-state index in [1.807, 2.05) is 19.2 Å². The summed E-state index contributed by atoms with van der Waals surface area (Å²) in [7, 11) is 0. The quantitative estimate of drug-likeness (QED) is 0.793. The van der Waals surface area contributed by atoms with Crippen LogP contribution in [0.1, 0.15) is 30.6 Å². The summed E-state index contributed by atoms with van der Waals surface area (Å²) in [4.78, 5) is 12.1. The van der Waals surface area contributed by atoms with E-state index in [-0.39, 0.29) is 5.91 Å². The Morgan fingerprint density at radius 3 is 2.80 bits per heavy atom. The van der Waals surface area contributed by atoms with E-state index in [1.54, 1.807) is 11.4 Å². The summed E-state index contributed by atoms with van der Waals surface area (Å²) in [6.07, 6.45) is 0.679. The molecule has 0 spiro atoms. The molecule has 3 N–H and O–H groups in total. The number of hydrogen-bond acceptors (Lipinski definition) is 3. The molecule has 1 atom stereocenters. The Hall–Kier alpha value is -0.940. The molecule has 0 radical (unpaired) electrons. The Bertz CT molecular complexity index is 362. The molecule has 1 rings (SSSR count). The number of hydrogen-bond donors (Lipinski definition) is 2. The molecule has 1 amide bonds. The van der Waals surface area contributed by atoms with Crippen LogP contribution in [0.5, 0.6) is 0 Å². The molecular weight excluding hydrogens is 228 g/mol. The van der Waals surface area contributed by atoms with Crippen LogP contribution in [0.3, 0.4) is 0 Å². The SMILES string of the molecule is CCC(C)(NC(=O)c1ccsc1)C(N)=S. The largest absolute Gasteiger partial charge is 0.391 e. The molecule has 1 aromatic heterocycles. The molecule has 0 aliphatic carbocycles. The number of carbonyl (C=O) groups is 1. The first-order valence-electron chi connectivity index (χ1n) is 4.64. The third kappa shape index (κ3) is 2.76. The number of thiophene rings is 1. The third-order valence-electron chi connectivity index (χ3n) is 2.42. The zero-order valence-electron chi connectivity index (χ0n) is 8.74. The van der Waals surface area contributed by atoms with E-state index in [1.165, 1.54) is 11.3 Å². The molecule has 5 heteroatoms. The second-order valence-corrected chi connectivity index (χ2v) is 4.74. The molecule has 0 aliphatic heterocycles. The number of thiocarbonyl (C=S) groups is 1. The van der Waals surface area contributed by atoms with Gasteiger partial charge in [0, 0.05) is 5.38 Å². The van der Waals surface area contributed by atoms with Gasteiger partial charge < -0.3 is 11.1 Å². The average molecular weight is 242 g/mol. The molecule has 3 nitrogen and oxygen atoms in total. The van der Waals surface area contributed by atoms with Gasteiger partial charge in [0.2, 0.25) is 0 Å². The van der Waals surface area contributed by atoms with Crippen LogP contribution in [-0.2, 0) is 0 Å². The zero-order chi connectivity index (χ0) is 11.5. The van der Waals surface area contributed by atoms with Gasteiger partial charge in [-0.05, 0) is 24.8 Å². The summed E-state index contributed by atoms with van der Waals surface area (Å²) < 4.78 is 0. The monoisotopic (exact) mass is 242 g/mol. The van der Waals surface area contributed by atoms with Gasteiger partial charge in [0.25, 0.3) is 5.91 Å². The maximum Gasteiger partial charge on any atom is 0.252 e. The Kier molecular flexibility index (Phi) is 3.82. The molecule has 15 heavy (non-hydrogen) atoms. The van der Waals surface area contributed by atoms with E-state index < -0.39 is 5.54 Å². The molecule has 0 bridgehead atoms. The standard InChI is InChI=1S/C10H14N2OS2/c1-3-10(2,9(11)14)12-8(13)7-4-5-15-6-7/h4-6H,3H2,1-2H3,(H2,11,14)(H,12,13). The summed E-state index contributed by atoms with van der Waals surface area (Å²) >= 11 is 6.43. The van der Waals surface area contributed by atoms with Crippen LogP contribution >= 0.6 is 23.6 Å². The fourth-order valence-electron chi connectivity index (χ4n) is 1.04. The first kappa shape index (κ1) is 12.1. The van der Waals surface area contributed by atoms with E-state index >= 15 is 0 Å². The van der Waals surface area contributed by atoms with Gasteiger partial charge in [0.05, 0.1) is 16.1 Å². The van der Waals surface area contributed by atoms with Crippen molar-refractivity contribution in [1.82, 2.24) is 5.32 Å². The minimum absolute atomic E-state index is 0.131. The minimum Gasteiger partial charge on any atom is -0.391 e. The molecule has 1 unspecified atom stereocenters. The van der Waals surface area contributed by atoms with Gasteiger partial charge in [0.15, 0.2) is 0 Å². The van der Waals surface area contributed by atoms with Gasteiger partial charge in [-0.3, -0.25) is 4.79 Å². The number of nitrogens with two attached hydrogens (primary N) is 1. The van der Waals surface area contributed by atoms with E-state index in [9.17, 15) is 4.79 Å². The average Bonchev–Trinajstić information content (AvgIpc) is 2.70. The van der Waals surface area contributed by atoms with Gasteiger partial charge in [0.1, 0.15) is 0 Å². The number of amides is 1. The van der Waals surface area contributed by atoms with Crippen molar-refractivity contribution >= 4 is 34.5 Å². The van der Waals surface area contributed by atoms with Crippen molar-refractivity contribution in [2.75, 3.05) is 0 Å². The molecular formula is C10H14N2OS2. The van der Waals surface area contributed by atoms with Crippen molar-refractivity contribution in [3.8, 4) is 0 Å². The normalized spacial score (nSPS) is 14.3. The molecule has 82 valence electrons. The maximum atomic E-state index is 11.8. The molecule has 0 saturated carbocycles. The predicted molar refractivity (Wildman–Crippen MR) is 67.3 cm³/mol. The lowest BCUT2D eigenvalue weighted by Gasteiger charge is -2.28. The van der Waals surface area contributed by atoms with Crippen molar-refractivity contribution in [2.45, 2.75) is 25.8 Å². The summed E-state index contributed by atoms with van der Waals surface area (Å²) in [5.41, 5.74) is 5.65. The molecule has 0 aromatic carbocycles. The summed E-state index contributed by atoms with van der Waals surface area (Å²) in [6.45, 7) is 3.77. The van der Waals surface area contributed by atoms with Crippen molar-refractivity contribution < 1.29 is 4.79 Å². The Balaban J connectivity index is 2.77. The van der Waals surface area contributed by atoms with Gasteiger partial charge in [-0.15, -0.1) is 0 Å². The number of rotatable bonds is 4. The molecule has 0 saturated heterocycles. The first-order valence-corrected chi connectivity index (χ1v) is 5.99. The fourth-order valence-corrected chi connectivity index (χ4v) is 1.87. The Labute approximate surface area is 98.7 Å². The van der Waals surface area contributed by atoms with Crippen LogP contribution in [-0.4, -0.2) is 16.4 Å². The highest BCUT2D eigenvalue weighted by molar-refractivity contribution is 7.80. The smallest absolute Gasteiger partial charge is 0.252 e. The van der Waals surface area contributed by atoms with Crippen LogP contribution in [0.15, 0.2) is 16.8 Å². The van der Waals surface area contributed by atoms with Gasteiger partial charge in [-0.2, -0.15) is 11.3 Å². The second-order valence-electron chi connectivity index (χ2n) is 3.52. The number of nitrogens with one attached hydrogen (secondary N) is 1. The van der Waals surface area contributed by atoms with Crippen LogP contribution in [0.25, 0.3) is 0 Å². The highest BCUT2D eigenvalue weighted by Crippen LogP contribution is 2.12. The maximum absolute atomic E-state index is 11.8. The van der Waals surface area contributed by atoms with Crippen molar-refractivity contribution in [1.29, 1.82) is 0 Å². The van der Waals surface area contributed by atoms with Gasteiger partial charge in [-0.25, -0.2) is 0 Å². The predicted octanol–water partition coefficient (Wildman–Crippen LogP) is 1.93. The Morgan fingerprint density at radius 2 is 2.40 bits per heavy atom. The van der Waals surface area contributed by atoms with Crippen molar-refractivity contribution in [3.63, 3.8) is 0 Å². The lowest BCUT2D eigenvalue weighted by molar-refractivity contribution is 0.0927. The topological polar surface area (TPSA) is 55.1 Å². The van der Waals surface area contributed by atoms with Crippen LogP contribution in [0, 0.1) is 0 Å². The highest BCUT2D eigenvalue weighted by atomic mass is 32.1. The van der Waals surface area contributed by atoms with E-state index in [0.717, 1.165) is 0 Å². The summed E-state index contributed by atoms with van der Waals surface area (Å²) in [5, 5.41) is 6.50. The number of carbonyl (C=O) groups excluding carboxylic acids is 1. The lowest BCUT2D eigenvalue weighted by atomic mass is 9.98.